The number of fused-ring (bicyclic) bond motifs is 3. The van der Waals surface area contributed by atoms with Gasteiger partial charge in [-0.05, 0) is 48.0 Å². The molecule has 3 aromatic carbocycles. The van der Waals surface area contributed by atoms with Crippen LogP contribution in [0, 0.1) is 11.6 Å². The van der Waals surface area contributed by atoms with Gasteiger partial charge in [0.15, 0.2) is 5.78 Å². The van der Waals surface area contributed by atoms with E-state index in [-0.39, 0.29) is 23.0 Å². The van der Waals surface area contributed by atoms with Gasteiger partial charge in [-0.25, -0.2) is 13.8 Å². The minimum atomic E-state index is -0.488. The number of halogens is 3. The Bertz CT molecular complexity index is 1400. The first-order valence-corrected chi connectivity index (χ1v) is 9.90. The van der Waals surface area contributed by atoms with Gasteiger partial charge >= 0.3 is 0 Å². The Morgan fingerprint density at radius 2 is 1.81 bits per heavy atom. The van der Waals surface area contributed by atoms with E-state index < -0.39 is 11.6 Å². The number of pyridine rings is 1. The van der Waals surface area contributed by atoms with Gasteiger partial charge in [-0.2, -0.15) is 0 Å². The highest BCUT2D eigenvalue weighted by molar-refractivity contribution is 6.31. The number of carbonyl (C=O) groups excluding carboxylic acids is 1. The van der Waals surface area contributed by atoms with E-state index >= 15 is 0 Å². The molecule has 152 valence electrons. The van der Waals surface area contributed by atoms with Gasteiger partial charge in [0.05, 0.1) is 21.8 Å². The number of aromatic nitrogens is 1. The summed E-state index contributed by atoms with van der Waals surface area (Å²) in [5.74, 6) is -0.810. The Morgan fingerprint density at radius 3 is 2.68 bits per heavy atom. The minimum Gasteiger partial charge on any atom is -0.488 e. The van der Waals surface area contributed by atoms with Gasteiger partial charge in [-0.1, -0.05) is 41.9 Å². The number of ether oxygens (including phenoxy) is 1. The van der Waals surface area contributed by atoms with Crippen LogP contribution in [0.4, 0.5) is 8.78 Å². The zero-order valence-corrected chi connectivity index (χ0v) is 16.8. The topological polar surface area (TPSA) is 39.2 Å². The summed E-state index contributed by atoms with van der Waals surface area (Å²) in [6, 6.07) is 16.0. The molecule has 1 aliphatic heterocycles. The summed E-state index contributed by atoms with van der Waals surface area (Å²) in [6.07, 6.45) is 3.60. The molecule has 0 atom stereocenters. The summed E-state index contributed by atoms with van der Waals surface area (Å²) in [7, 11) is 0. The predicted molar refractivity (Wildman–Crippen MR) is 116 cm³/mol. The number of benzene rings is 3. The van der Waals surface area contributed by atoms with Crippen LogP contribution in [0.5, 0.6) is 5.75 Å². The van der Waals surface area contributed by atoms with E-state index in [0.717, 1.165) is 5.56 Å². The van der Waals surface area contributed by atoms with Crippen molar-refractivity contribution in [1.29, 1.82) is 0 Å². The van der Waals surface area contributed by atoms with Crippen molar-refractivity contribution in [3.05, 3.63) is 105 Å². The van der Waals surface area contributed by atoms with Crippen LogP contribution in [-0.2, 0) is 6.61 Å². The van der Waals surface area contributed by atoms with Crippen LogP contribution in [0.2, 0.25) is 5.02 Å². The lowest BCUT2D eigenvalue weighted by Gasteiger charge is -2.07. The van der Waals surface area contributed by atoms with Crippen molar-refractivity contribution >= 4 is 40.4 Å². The fraction of sp³-hybridized carbons (Fsp3) is 0.0400. The molecule has 5 rings (SSSR count). The number of ketones is 1. The van der Waals surface area contributed by atoms with Gasteiger partial charge in [0.25, 0.3) is 0 Å². The number of rotatable bonds is 2. The number of nitrogens with zero attached hydrogens (tertiary/aromatic N) is 1. The normalized spacial score (nSPS) is 13.1. The van der Waals surface area contributed by atoms with E-state index in [9.17, 15) is 13.6 Å². The molecule has 0 aliphatic carbocycles. The molecule has 31 heavy (non-hydrogen) atoms. The molecule has 0 radical (unpaired) electrons. The van der Waals surface area contributed by atoms with Crippen LogP contribution in [0.3, 0.4) is 0 Å². The average molecular weight is 434 g/mol. The monoisotopic (exact) mass is 433 g/mol. The molecular formula is C25H14ClF2NO2. The second kappa shape index (κ2) is 7.60. The second-order valence-corrected chi connectivity index (χ2v) is 7.58. The van der Waals surface area contributed by atoms with Crippen molar-refractivity contribution < 1.29 is 18.3 Å². The molecule has 1 aromatic heterocycles. The molecule has 2 heterocycles. The first-order valence-electron chi connectivity index (χ1n) is 9.52. The van der Waals surface area contributed by atoms with E-state index in [1.165, 1.54) is 24.3 Å². The summed E-state index contributed by atoms with van der Waals surface area (Å²) >= 11 is 5.85. The summed E-state index contributed by atoms with van der Waals surface area (Å²) in [5, 5.41) is 0.667. The zero-order valence-electron chi connectivity index (χ0n) is 16.0. The van der Waals surface area contributed by atoms with E-state index in [2.05, 4.69) is 4.98 Å². The first-order chi connectivity index (χ1) is 15.0. The molecule has 0 bridgehead atoms. The second-order valence-electron chi connectivity index (χ2n) is 7.17. The maximum Gasteiger partial charge on any atom is 0.197 e. The SMILES string of the molecule is O=C1c2cc(C=Cc3ccc4cc(F)c(Cl)cc4n3)ccc2OCc2c(F)cccc21. The van der Waals surface area contributed by atoms with Crippen LogP contribution < -0.4 is 4.74 Å². The average Bonchev–Trinajstić information content (AvgIpc) is 2.91. The standard InChI is InChI=1S/C25H14ClF2NO2/c26-20-12-23-15(11-22(20)28)6-8-16(29-23)7-4-14-5-9-24-18(10-14)25(30)17-2-1-3-21(27)19(17)13-31-24/h1-12H,13H2. The molecule has 0 saturated carbocycles. The van der Waals surface area contributed by atoms with Crippen molar-refractivity contribution in [3.8, 4) is 5.75 Å². The van der Waals surface area contributed by atoms with Gasteiger partial charge in [0.2, 0.25) is 0 Å². The fourth-order valence-corrected chi connectivity index (χ4v) is 3.73. The Hall–Kier alpha value is -3.57. The first kappa shape index (κ1) is 19.4. The van der Waals surface area contributed by atoms with Gasteiger partial charge < -0.3 is 4.74 Å². The number of carbonyl (C=O) groups is 1. The van der Waals surface area contributed by atoms with E-state index in [4.69, 9.17) is 16.3 Å². The predicted octanol–water partition coefficient (Wildman–Crippen LogP) is 6.46. The Labute approximate surface area is 181 Å². The van der Waals surface area contributed by atoms with E-state index in [0.29, 0.717) is 33.5 Å². The van der Waals surface area contributed by atoms with Crippen molar-refractivity contribution in [2.75, 3.05) is 0 Å². The highest BCUT2D eigenvalue weighted by Crippen LogP contribution is 2.31. The van der Waals surface area contributed by atoms with Crippen LogP contribution in [0.25, 0.3) is 23.1 Å². The summed E-state index contributed by atoms with van der Waals surface area (Å²) in [4.78, 5) is 17.5. The molecule has 6 heteroatoms. The van der Waals surface area contributed by atoms with E-state index in [1.807, 2.05) is 12.1 Å². The zero-order chi connectivity index (χ0) is 21.5. The van der Waals surface area contributed by atoms with Crippen molar-refractivity contribution in [2.24, 2.45) is 0 Å². The van der Waals surface area contributed by atoms with Gasteiger partial charge in [0, 0.05) is 16.5 Å². The lowest BCUT2D eigenvalue weighted by Crippen LogP contribution is -2.04. The highest BCUT2D eigenvalue weighted by Gasteiger charge is 2.24. The Kier molecular flexibility index (Phi) is 4.75. The highest BCUT2D eigenvalue weighted by atomic mass is 35.5. The third-order valence-electron chi connectivity index (χ3n) is 5.18. The molecule has 0 saturated heterocycles. The quantitative estimate of drug-likeness (QED) is 0.364. The summed E-state index contributed by atoms with van der Waals surface area (Å²) in [6.45, 7) is 0.0000954. The van der Waals surface area contributed by atoms with Crippen LogP contribution in [-0.4, -0.2) is 10.8 Å². The summed E-state index contributed by atoms with van der Waals surface area (Å²) in [5.41, 5.74) is 2.93. The fourth-order valence-electron chi connectivity index (χ4n) is 3.58. The number of hydrogen-bond acceptors (Lipinski definition) is 3. The molecule has 0 unspecified atom stereocenters. The molecule has 4 aromatic rings. The van der Waals surface area contributed by atoms with Gasteiger partial charge in [0.1, 0.15) is 24.0 Å². The van der Waals surface area contributed by atoms with E-state index in [1.54, 1.807) is 36.4 Å². The Morgan fingerprint density at radius 1 is 0.935 bits per heavy atom. The molecule has 3 nitrogen and oxygen atoms in total. The molecule has 0 amide bonds. The molecule has 0 spiro atoms. The lowest BCUT2D eigenvalue weighted by molar-refractivity contribution is 0.103. The maximum atomic E-state index is 14.1. The number of hydrogen-bond donors (Lipinski definition) is 0. The lowest BCUT2D eigenvalue weighted by atomic mass is 9.97. The van der Waals surface area contributed by atoms with Gasteiger partial charge in [-0.15, -0.1) is 0 Å². The molecule has 1 aliphatic rings. The third kappa shape index (κ3) is 3.57. The summed E-state index contributed by atoms with van der Waals surface area (Å²) < 4.78 is 33.4. The third-order valence-corrected chi connectivity index (χ3v) is 5.47. The van der Waals surface area contributed by atoms with Crippen molar-refractivity contribution in [1.82, 2.24) is 4.98 Å². The maximum absolute atomic E-state index is 14.1. The molecular weight excluding hydrogens is 420 g/mol. The van der Waals surface area contributed by atoms with Crippen LogP contribution in [0.1, 0.15) is 32.7 Å². The van der Waals surface area contributed by atoms with Crippen molar-refractivity contribution in [3.63, 3.8) is 0 Å². The van der Waals surface area contributed by atoms with Crippen LogP contribution >= 0.6 is 11.6 Å². The van der Waals surface area contributed by atoms with Crippen molar-refractivity contribution in [2.45, 2.75) is 6.61 Å². The smallest absolute Gasteiger partial charge is 0.197 e. The largest absolute Gasteiger partial charge is 0.488 e. The van der Waals surface area contributed by atoms with Gasteiger partial charge in [-0.3, -0.25) is 4.79 Å². The Balaban J connectivity index is 1.49. The molecule has 0 N–H and O–H groups in total. The minimum absolute atomic E-state index is 0.0000954. The molecule has 0 fully saturated rings. The van der Waals surface area contributed by atoms with Crippen LogP contribution in [0.15, 0.2) is 60.7 Å².